The van der Waals surface area contributed by atoms with Crippen molar-refractivity contribution in [1.29, 1.82) is 0 Å². The molecule has 4 heterocycles. The summed E-state index contributed by atoms with van der Waals surface area (Å²) in [6, 6.07) is 8.23. The molecule has 26 heavy (non-hydrogen) atoms. The van der Waals surface area contributed by atoms with Gasteiger partial charge in [0.05, 0.1) is 23.5 Å². The molecule has 8 nitrogen and oxygen atoms in total. The summed E-state index contributed by atoms with van der Waals surface area (Å²) >= 11 is 0. The van der Waals surface area contributed by atoms with Crippen LogP contribution in [0.1, 0.15) is 24.5 Å². The third kappa shape index (κ3) is 2.53. The van der Waals surface area contributed by atoms with Crippen LogP contribution in [0.5, 0.6) is 0 Å². The van der Waals surface area contributed by atoms with Crippen molar-refractivity contribution in [2.75, 3.05) is 18.0 Å². The third-order valence-electron chi connectivity index (χ3n) is 5.52. The molecule has 2 aliphatic rings. The summed E-state index contributed by atoms with van der Waals surface area (Å²) in [5.41, 5.74) is 1.99. The zero-order valence-corrected chi connectivity index (χ0v) is 14.6. The van der Waals surface area contributed by atoms with Crippen LogP contribution in [0.3, 0.4) is 0 Å². The highest BCUT2D eigenvalue weighted by Gasteiger charge is 2.38. The standard InChI is InChI=1S/C18H21N7O/c1-24-16(8-15-19-12-4-2-3-5-13(12)20-15)22-23-18(24)25-9-11-6-7-17(26)21-14(11)10-25/h2-5,11,14H,6-10H2,1H3,(H,19,20)(H,21,26). The second kappa shape index (κ2) is 5.82. The first-order valence-corrected chi connectivity index (χ1v) is 9.03. The zero-order chi connectivity index (χ0) is 17.7. The molecule has 2 atom stereocenters. The number of imidazole rings is 1. The number of nitrogens with one attached hydrogen (secondary N) is 2. The molecule has 8 heteroatoms. The van der Waals surface area contributed by atoms with Crippen molar-refractivity contribution in [3.63, 3.8) is 0 Å². The minimum Gasteiger partial charge on any atom is -0.351 e. The zero-order valence-electron chi connectivity index (χ0n) is 14.6. The monoisotopic (exact) mass is 351 g/mol. The molecule has 2 N–H and O–H groups in total. The maximum absolute atomic E-state index is 11.6. The fraction of sp³-hybridized carbons (Fsp3) is 0.444. The average molecular weight is 351 g/mol. The minimum absolute atomic E-state index is 0.164. The maximum atomic E-state index is 11.6. The first kappa shape index (κ1) is 15.4. The molecule has 2 aromatic heterocycles. The van der Waals surface area contributed by atoms with E-state index in [0.29, 0.717) is 18.8 Å². The summed E-state index contributed by atoms with van der Waals surface area (Å²) in [6.45, 7) is 1.72. The number of amides is 1. The molecule has 0 bridgehead atoms. The van der Waals surface area contributed by atoms with E-state index < -0.39 is 0 Å². The van der Waals surface area contributed by atoms with Crippen LogP contribution in [0.25, 0.3) is 11.0 Å². The van der Waals surface area contributed by atoms with Crippen molar-refractivity contribution in [3.05, 3.63) is 35.9 Å². The number of piperidine rings is 1. The van der Waals surface area contributed by atoms with E-state index in [2.05, 4.69) is 30.4 Å². The maximum Gasteiger partial charge on any atom is 0.227 e. The summed E-state index contributed by atoms with van der Waals surface area (Å²) in [4.78, 5) is 21.8. The number of hydrogen-bond acceptors (Lipinski definition) is 5. The first-order chi connectivity index (χ1) is 12.7. The van der Waals surface area contributed by atoms with Crippen LogP contribution in [0.2, 0.25) is 0 Å². The summed E-state index contributed by atoms with van der Waals surface area (Å²) in [7, 11) is 1.99. The topological polar surface area (TPSA) is 91.7 Å². The van der Waals surface area contributed by atoms with Gasteiger partial charge in [0.15, 0.2) is 0 Å². The average Bonchev–Trinajstić information content (AvgIpc) is 3.31. The first-order valence-electron chi connectivity index (χ1n) is 9.03. The number of nitrogens with zero attached hydrogens (tertiary/aromatic N) is 5. The number of carbonyl (C=O) groups is 1. The van der Waals surface area contributed by atoms with Crippen molar-refractivity contribution >= 4 is 22.9 Å². The van der Waals surface area contributed by atoms with Gasteiger partial charge in [-0.2, -0.15) is 0 Å². The molecule has 0 aliphatic carbocycles. The van der Waals surface area contributed by atoms with Crippen molar-refractivity contribution < 1.29 is 4.79 Å². The molecule has 134 valence electrons. The van der Waals surface area contributed by atoms with Crippen molar-refractivity contribution in [1.82, 2.24) is 30.0 Å². The lowest BCUT2D eigenvalue weighted by Gasteiger charge is -2.24. The van der Waals surface area contributed by atoms with Gasteiger partial charge in [0.25, 0.3) is 0 Å². The number of para-hydroxylation sites is 2. The Hall–Kier alpha value is -2.90. The van der Waals surface area contributed by atoms with E-state index in [9.17, 15) is 4.79 Å². The van der Waals surface area contributed by atoms with Gasteiger partial charge in [-0.1, -0.05) is 12.1 Å². The van der Waals surface area contributed by atoms with E-state index in [-0.39, 0.29) is 11.9 Å². The highest BCUT2D eigenvalue weighted by Crippen LogP contribution is 2.28. The van der Waals surface area contributed by atoms with Gasteiger partial charge in [-0.3, -0.25) is 4.79 Å². The SMILES string of the molecule is Cn1c(Cc2nc3ccccc3[nH]2)nnc1N1CC2CCC(=O)NC2C1. The van der Waals surface area contributed by atoms with E-state index in [4.69, 9.17) is 0 Å². The molecule has 0 radical (unpaired) electrons. The van der Waals surface area contributed by atoms with E-state index in [1.54, 1.807) is 0 Å². The van der Waals surface area contributed by atoms with Crippen LogP contribution in [0, 0.1) is 5.92 Å². The van der Waals surface area contributed by atoms with Crippen LogP contribution in [0.4, 0.5) is 5.95 Å². The van der Waals surface area contributed by atoms with Crippen LogP contribution in [-0.4, -0.2) is 49.8 Å². The van der Waals surface area contributed by atoms with E-state index >= 15 is 0 Å². The molecule has 5 rings (SSSR count). The number of H-pyrrole nitrogens is 1. The van der Waals surface area contributed by atoms with E-state index in [1.807, 2.05) is 35.9 Å². The predicted octanol–water partition coefficient (Wildman–Crippen LogP) is 0.997. The van der Waals surface area contributed by atoms with Gasteiger partial charge in [0.1, 0.15) is 11.6 Å². The second-order valence-corrected chi connectivity index (χ2v) is 7.23. The van der Waals surface area contributed by atoms with Gasteiger partial charge in [-0.25, -0.2) is 4.98 Å². The Labute approximate surface area is 150 Å². The summed E-state index contributed by atoms with van der Waals surface area (Å²) in [5.74, 6) is 3.29. The number of aromatic amines is 1. The number of hydrogen-bond donors (Lipinski definition) is 2. The lowest BCUT2D eigenvalue weighted by Crippen LogP contribution is -2.44. The summed E-state index contributed by atoms with van der Waals surface area (Å²) in [6.07, 6.45) is 2.19. The molecular weight excluding hydrogens is 330 g/mol. The Morgan fingerprint density at radius 1 is 1.23 bits per heavy atom. The van der Waals surface area contributed by atoms with Gasteiger partial charge in [0, 0.05) is 26.6 Å². The van der Waals surface area contributed by atoms with Crippen LogP contribution < -0.4 is 10.2 Å². The van der Waals surface area contributed by atoms with Crippen LogP contribution in [0.15, 0.2) is 24.3 Å². The number of benzene rings is 1. The van der Waals surface area contributed by atoms with Crippen molar-refractivity contribution in [3.8, 4) is 0 Å². The molecule has 1 aromatic carbocycles. The number of fused-ring (bicyclic) bond motifs is 2. The Balaban J connectivity index is 1.36. The largest absolute Gasteiger partial charge is 0.351 e. The fourth-order valence-corrected chi connectivity index (χ4v) is 4.11. The molecule has 2 saturated heterocycles. The number of aromatic nitrogens is 5. The molecule has 3 aromatic rings. The lowest BCUT2D eigenvalue weighted by molar-refractivity contribution is -0.123. The number of anilines is 1. The Morgan fingerprint density at radius 3 is 3.00 bits per heavy atom. The van der Waals surface area contributed by atoms with Gasteiger partial charge in [-0.05, 0) is 24.5 Å². The third-order valence-corrected chi connectivity index (χ3v) is 5.52. The highest BCUT2D eigenvalue weighted by atomic mass is 16.1. The molecule has 2 unspecified atom stereocenters. The van der Waals surface area contributed by atoms with Crippen LogP contribution in [-0.2, 0) is 18.3 Å². The molecule has 2 fully saturated rings. The Morgan fingerprint density at radius 2 is 2.12 bits per heavy atom. The molecule has 0 saturated carbocycles. The smallest absolute Gasteiger partial charge is 0.227 e. The van der Waals surface area contributed by atoms with Crippen molar-refractivity contribution in [2.45, 2.75) is 25.3 Å². The lowest BCUT2D eigenvalue weighted by atomic mass is 9.94. The van der Waals surface area contributed by atoms with Crippen molar-refractivity contribution in [2.24, 2.45) is 13.0 Å². The van der Waals surface area contributed by atoms with Gasteiger partial charge < -0.3 is 19.8 Å². The van der Waals surface area contributed by atoms with E-state index in [1.165, 1.54) is 0 Å². The van der Waals surface area contributed by atoms with E-state index in [0.717, 1.165) is 48.1 Å². The quantitative estimate of drug-likeness (QED) is 0.734. The molecular formula is C18H21N7O. The van der Waals surface area contributed by atoms with Gasteiger partial charge in [-0.15, -0.1) is 10.2 Å². The van der Waals surface area contributed by atoms with Crippen LogP contribution >= 0.6 is 0 Å². The summed E-state index contributed by atoms with van der Waals surface area (Å²) < 4.78 is 2.03. The number of rotatable bonds is 3. The fourth-order valence-electron chi connectivity index (χ4n) is 4.11. The summed E-state index contributed by atoms with van der Waals surface area (Å²) in [5, 5.41) is 11.9. The van der Waals surface area contributed by atoms with Gasteiger partial charge >= 0.3 is 0 Å². The Kier molecular flexibility index (Phi) is 3.44. The second-order valence-electron chi connectivity index (χ2n) is 7.23. The minimum atomic E-state index is 0.164. The van der Waals surface area contributed by atoms with Gasteiger partial charge in [0.2, 0.25) is 11.9 Å². The molecule has 0 spiro atoms. The predicted molar refractivity (Wildman–Crippen MR) is 96.8 cm³/mol. The Bertz CT molecular complexity index is 942. The molecule has 2 aliphatic heterocycles. The normalized spacial score (nSPS) is 22.7. The number of carbonyl (C=O) groups excluding carboxylic acids is 1. The highest BCUT2D eigenvalue weighted by molar-refractivity contribution is 5.77. The molecule has 1 amide bonds.